The van der Waals surface area contributed by atoms with Crippen molar-refractivity contribution >= 4 is 5.91 Å². The average Bonchev–Trinajstić information content (AvgIpc) is 2.52. The fourth-order valence-electron chi connectivity index (χ4n) is 1.87. The van der Waals surface area contributed by atoms with Crippen molar-refractivity contribution in [3.05, 3.63) is 17.7 Å². The van der Waals surface area contributed by atoms with Crippen molar-refractivity contribution in [3.8, 4) is 17.2 Å². The van der Waals surface area contributed by atoms with Gasteiger partial charge < -0.3 is 24.8 Å². The topological polar surface area (TPSA) is 68.8 Å². The third-order valence-electron chi connectivity index (χ3n) is 2.97. The van der Waals surface area contributed by atoms with Crippen molar-refractivity contribution < 1.29 is 19.0 Å². The number of carbonyl (C=O) groups is 1. The quantitative estimate of drug-likeness (QED) is 0.673. The van der Waals surface area contributed by atoms with E-state index in [1.807, 2.05) is 0 Å². The molecule has 0 fully saturated rings. The maximum Gasteiger partial charge on any atom is 0.234 e. The van der Waals surface area contributed by atoms with Gasteiger partial charge in [-0.2, -0.15) is 0 Å². The highest BCUT2D eigenvalue weighted by molar-refractivity contribution is 5.78. The van der Waals surface area contributed by atoms with E-state index in [1.165, 1.54) is 0 Å². The smallest absolute Gasteiger partial charge is 0.234 e. The first-order chi connectivity index (χ1) is 10.2. The van der Waals surface area contributed by atoms with Crippen molar-refractivity contribution in [1.82, 2.24) is 10.6 Å². The molecule has 0 aliphatic carbocycles. The monoisotopic (exact) mass is 296 g/mol. The highest BCUT2D eigenvalue weighted by Crippen LogP contribution is 2.34. The van der Waals surface area contributed by atoms with Gasteiger partial charge in [-0.25, -0.2) is 0 Å². The van der Waals surface area contributed by atoms with Gasteiger partial charge in [0.25, 0.3) is 0 Å². The van der Waals surface area contributed by atoms with E-state index in [1.54, 1.807) is 33.5 Å². The fraction of sp³-hybridized carbons (Fsp3) is 0.533. The summed E-state index contributed by atoms with van der Waals surface area (Å²) in [7, 11) is 4.72. The largest absolute Gasteiger partial charge is 0.496 e. The Balaban J connectivity index is 2.71. The van der Waals surface area contributed by atoms with E-state index in [9.17, 15) is 4.79 Å². The lowest BCUT2D eigenvalue weighted by Crippen LogP contribution is -2.33. The lowest BCUT2D eigenvalue weighted by atomic mass is 10.1. The van der Waals surface area contributed by atoms with E-state index in [4.69, 9.17) is 14.2 Å². The predicted molar refractivity (Wildman–Crippen MR) is 81.1 cm³/mol. The number of hydrogen-bond acceptors (Lipinski definition) is 5. The maximum atomic E-state index is 11.7. The molecule has 1 aromatic rings. The van der Waals surface area contributed by atoms with Crippen LogP contribution < -0.4 is 24.8 Å². The zero-order valence-corrected chi connectivity index (χ0v) is 13.1. The molecule has 2 N–H and O–H groups in total. The SMILES string of the molecule is CCCNCC(=O)NCc1cc(OC)c(OC)cc1OC. The average molecular weight is 296 g/mol. The molecule has 0 saturated carbocycles. The second-order valence-electron chi connectivity index (χ2n) is 4.47. The van der Waals surface area contributed by atoms with Gasteiger partial charge in [0.1, 0.15) is 5.75 Å². The van der Waals surface area contributed by atoms with Crippen molar-refractivity contribution in [2.24, 2.45) is 0 Å². The number of benzene rings is 1. The molecule has 0 bridgehead atoms. The molecule has 6 nitrogen and oxygen atoms in total. The van der Waals surface area contributed by atoms with Crippen LogP contribution in [-0.2, 0) is 11.3 Å². The van der Waals surface area contributed by atoms with Crippen LogP contribution in [0.4, 0.5) is 0 Å². The minimum atomic E-state index is -0.0553. The molecule has 0 aromatic heterocycles. The van der Waals surface area contributed by atoms with Gasteiger partial charge in [-0.05, 0) is 19.0 Å². The third kappa shape index (κ3) is 5.15. The lowest BCUT2D eigenvalue weighted by Gasteiger charge is -2.14. The molecule has 21 heavy (non-hydrogen) atoms. The maximum absolute atomic E-state index is 11.7. The summed E-state index contributed by atoms with van der Waals surface area (Å²) in [6.07, 6.45) is 0.997. The summed E-state index contributed by atoms with van der Waals surface area (Å²) in [6, 6.07) is 3.55. The standard InChI is InChI=1S/C15H24N2O4/c1-5-6-16-10-15(18)17-9-11-7-13(20-3)14(21-4)8-12(11)19-2/h7-8,16H,5-6,9-10H2,1-4H3,(H,17,18). The van der Waals surface area contributed by atoms with Crippen LogP contribution >= 0.6 is 0 Å². The van der Waals surface area contributed by atoms with E-state index in [2.05, 4.69) is 17.6 Å². The lowest BCUT2D eigenvalue weighted by molar-refractivity contribution is -0.120. The second-order valence-corrected chi connectivity index (χ2v) is 4.47. The molecule has 6 heteroatoms. The number of rotatable bonds is 9. The van der Waals surface area contributed by atoms with Gasteiger partial charge >= 0.3 is 0 Å². The molecule has 0 saturated heterocycles. The summed E-state index contributed by atoms with van der Waals surface area (Å²) in [5.74, 6) is 1.79. The van der Waals surface area contributed by atoms with Gasteiger partial charge in [0.15, 0.2) is 11.5 Å². The molecule has 0 radical (unpaired) electrons. The summed E-state index contributed by atoms with van der Waals surface area (Å²) in [6.45, 7) is 3.56. The van der Waals surface area contributed by atoms with Crippen LogP contribution in [0.15, 0.2) is 12.1 Å². The first kappa shape index (κ1) is 17.1. The zero-order chi connectivity index (χ0) is 15.7. The van der Waals surface area contributed by atoms with E-state index in [0.29, 0.717) is 30.3 Å². The Morgan fingerprint density at radius 1 is 1.05 bits per heavy atom. The first-order valence-electron chi connectivity index (χ1n) is 6.92. The molecule has 0 unspecified atom stereocenters. The Labute approximate surface area is 125 Å². The molecular formula is C15H24N2O4. The second kappa shape index (κ2) is 9.07. The van der Waals surface area contributed by atoms with Crippen molar-refractivity contribution in [1.29, 1.82) is 0 Å². The Hall–Kier alpha value is -1.95. The summed E-state index contributed by atoms with van der Waals surface area (Å²) < 4.78 is 15.8. The summed E-state index contributed by atoms with van der Waals surface area (Å²) in [5, 5.41) is 5.90. The number of ether oxygens (including phenoxy) is 3. The molecule has 0 spiro atoms. The zero-order valence-electron chi connectivity index (χ0n) is 13.1. The molecule has 118 valence electrons. The van der Waals surface area contributed by atoms with Gasteiger partial charge in [-0.3, -0.25) is 4.79 Å². The van der Waals surface area contributed by atoms with Crippen molar-refractivity contribution in [2.45, 2.75) is 19.9 Å². The van der Waals surface area contributed by atoms with Crippen LogP contribution in [0.3, 0.4) is 0 Å². The van der Waals surface area contributed by atoms with Crippen LogP contribution in [0.2, 0.25) is 0 Å². The van der Waals surface area contributed by atoms with Crippen LogP contribution in [-0.4, -0.2) is 40.3 Å². The molecule has 1 amide bonds. The van der Waals surface area contributed by atoms with E-state index in [-0.39, 0.29) is 5.91 Å². The Morgan fingerprint density at radius 2 is 1.67 bits per heavy atom. The third-order valence-corrected chi connectivity index (χ3v) is 2.97. The van der Waals surface area contributed by atoms with Gasteiger partial charge in [-0.15, -0.1) is 0 Å². The van der Waals surface area contributed by atoms with Gasteiger partial charge in [0.2, 0.25) is 5.91 Å². The number of methoxy groups -OCH3 is 3. The predicted octanol–water partition coefficient (Wildman–Crippen LogP) is 1.33. The Kier molecular flexibility index (Phi) is 7.39. The molecule has 0 heterocycles. The highest BCUT2D eigenvalue weighted by Gasteiger charge is 2.12. The van der Waals surface area contributed by atoms with E-state index >= 15 is 0 Å². The molecule has 0 atom stereocenters. The summed E-state index contributed by atoms with van der Waals surface area (Å²) in [4.78, 5) is 11.7. The molecule has 1 aromatic carbocycles. The van der Waals surface area contributed by atoms with Crippen LogP contribution in [0.1, 0.15) is 18.9 Å². The molecule has 1 rings (SSSR count). The molecular weight excluding hydrogens is 272 g/mol. The molecule has 0 aliphatic rings. The summed E-state index contributed by atoms with van der Waals surface area (Å²) in [5.41, 5.74) is 0.832. The minimum absolute atomic E-state index is 0.0553. The Bertz CT molecular complexity index is 463. The first-order valence-corrected chi connectivity index (χ1v) is 6.92. The number of carbonyl (C=O) groups excluding carboxylic acids is 1. The van der Waals surface area contributed by atoms with Gasteiger partial charge in [0.05, 0.1) is 27.9 Å². The Morgan fingerprint density at radius 3 is 2.24 bits per heavy atom. The number of amides is 1. The van der Waals surface area contributed by atoms with Gasteiger partial charge in [-0.1, -0.05) is 6.92 Å². The minimum Gasteiger partial charge on any atom is -0.496 e. The highest BCUT2D eigenvalue weighted by atomic mass is 16.5. The fourth-order valence-corrected chi connectivity index (χ4v) is 1.87. The molecule has 0 aliphatic heterocycles. The van der Waals surface area contributed by atoms with Crippen LogP contribution in [0.25, 0.3) is 0 Å². The van der Waals surface area contributed by atoms with Crippen molar-refractivity contribution in [3.63, 3.8) is 0 Å². The normalized spacial score (nSPS) is 10.1. The number of nitrogens with one attached hydrogen (secondary N) is 2. The summed E-state index contributed by atoms with van der Waals surface area (Å²) >= 11 is 0. The van der Waals surface area contributed by atoms with Crippen LogP contribution in [0, 0.1) is 0 Å². The van der Waals surface area contributed by atoms with Gasteiger partial charge in [0, 0.05) is 18.2 Å². The van der Waals surface area contributed by atoms with E-state index < -0.39 is 0 Å². The number of hydrogen-bond donors (Lipinski definition) is 2. The van der Waals surface area contributed by atoms with Crippen LogP contribution in [0.5, 0.6) is 17.2 Å². The van der Waals surface area contributed by atoms with Crippen molar-refractivity contribution in [2.75, 3.05) is 34.4 Å². The van der Waals surface area contributed by atoms with E-state index in [0.717, 1.165) is 18.5 Å².